The van der Waals surface area contributed by atoms with Crippen LogP contribution in [0.2, 0.25) is 0 Å². The fourth-order valence-electron chi connectivity index (χ4n) is 1.96. The number of rotatable bonds is 9. The zero-order valence-electron chi connectivity index (χ0n) is 12.5. The van der Waals surface area contributed by atoms with Gasteiger partial charge in [0, 0.05) is 19.6 Å². The summed E-state index contributed by atoms with van der Waals surface area (Å²) in [5.41, 5.74) is -0.729. The van der Waals surface area contributed by atoms with E-state index in [0.717, 1.165) is 32.2 Å². The van der Waals surface area contributed by atoms with Crippen LogP contribution >= 0.6 is 0 Å². The number of para-hydroxylation sites is 1. The van der Waals surface area contributed by atoms with Crippen molar-refractivity contribution in [2.45, 2.75) is 20.0 Å². The zero-order valence-corrected chi connectivity index (χ0v) is 12.5. The van der Waals surface area contributed by atoms with Crippen LogP contribution in [-0.4, -0.2) is 44.2 Å². The van der Waals surface area contributed by atoms with Crippen LogP contribution in [0.3, 0.4) is 0 Å². The molecule has 0 aliphatic carbocycles. The molecular weight excluding hydrogens is 281 g/mol. The number of nitrogens with zero attached hydrogens (tertiary/aromatic N) is 1. The van der Waals surface area contributed by atoms with Crippen molar-refractivity contribution in [3.05, 3.63) is 29.8 Å². The topological polar surface area (TPSA) is 24.5 Å². The number of alkyl halides is 3. The number of benzene rings is 1. The maximum atomic E-state index is 12.7. The monoisotopic (exact) mass is 304 g/mol. The highest BCUT2D eigenvalue weighted by Crippen LogP contribution is 2.35. The van der Waals surface area contributed by atoms with E-state index in [1.807, 2.05) is 0 Å². The molecule has 0 heterocycles. The summed E-state index contributed by atoms with van der Waals surface area (Å²) in [7, 11) is 0. The maximum absolute atomic E-state index is 12.7. The highest BCUT2D eigenvalue weighted by Gasteiger charge is 2.33. The Hall–Kier alpha value is -1.27. The van der Waals surface area contributed by atoms with Gasteiger partial charge in [0.2, 0.25) is 0 Å². The van der Waals surface area contributed by atoms with Crippen LogP contribution in [0, 0.1) is 0 Å². The quantitative estimate of drug-likeness (QED) is 0.710. The van der Waals surface area contributed by atoms with E-state index in [2.05, 4.69) is 24.1 Å². The number of nitrogens with one attached hydrogen (secondary N) is 1. The van der Waals surface area contributed by atoms with E-state index < -0.39 is 11.7 Å². The number of hydrogen-bond acceptors (Lipinski definition) is 3. The summed E-state index contributed by atoms with van der Waals surface area (Å²) >= 11 is 0. The van der Waals surface area contributed by atoms with Crippen molar-refractivity contribution in [1.82, 2.24) is 10.2 Å². The summed E-state index contributed by atoms with van der Waals surface area (Å²) in [5, 5.41) is 3.17. The second-order valence-corrected chi connectivity index (χ2v) is 4.62. The van der Waals surface area contributed by atoms with Crippen molar-refractivity contribution < 1.29 is 17.9 Å². The van der Waals surface area contributed by atoms with E-state index >= 15 is 0 Å². The summed E-state index contributed by atoms with van der Waals surface area (Å²) in [5.74, 6) is -0.115. The summed E-state index contributed by atoms with van der Waals surface area (Å²) in [6, 6.07) is 5.28. The van der Waals surface area contributed by atoms with E-state index in [0.29, 0.717) is 6.54 Å². The minimum Gasteiger partial charge on any atom is -0.492 e. The van der Waals surface area contributed by atoms with Gasteiger partial charge in [0.05, 0.1) is 5.56 Å². The molecule has 0 fully saturated rings. The normalized spacial score (nSPS) is 11.9. The van der Waals surface area contributed by atoms with Crippen LogP contribution in [0.25, 0.3) is 0 Å². The standard InChI is InChI=1S/C15H23F3N2O/c1-3-20(4-2)11-9-19-10-12-21-14-8-6-5-7-13(14)15(16,17)18/h5-8,19H,3-4,9-12H2,1-2H3. The van der Waals surface area contributed by atoms with Crippen molar-refractivity contribution in [2.75, 3.05) is 39.3 Å². The molecule has 0 spiro atoms. The molecule has 1 aromatic carbocycles. The van der Waals surface area contributed by atoms with Gasteiger partial charge in [-0.2, -0.15) is 13.2 Å². The second-order valence-electron chi connectivity index (χ2n) is 4.62. The van der Waals surface area contributed by atoms with Crippen molar-refractivity contribution in [1.29, 1.82) is 0 Å². The molecule has 0 aliphatic rings. The lowest BCUT2D eigenvalue weighted by molar-refractivity contribution is -0.138. The average molecular weight is 304 g/mol. The Bertz CT molecular complexity index is 406. The third-order valence-electron chi connectivity index (χ3n) is 3.23. The van der Waals surface area contributed by atoms with Gasteiger partial charge in [-0.25, -0.2) is 0 Å². The number of hydrogen-bond donors (Lipinski definition) is 1. The largest absolute Gasteiger partial charge is 0.492 e. The Morgan fingerprint density at radius 2 is 1.76 bits per heavy atom. The average Bonchev–Trinajstić information content (AvgIpc) is 2.46. The third-order valence-corrected chi connectivity index (χ3v) is 3.23. The van der Waals surface area contributed by atoms with Gasteiger partial charge in [-0.1, -0.05) is 26.0 Å². The zero-order chi connectivity index (χ0) is 15.7. The van der Waals surface area contributed by atoms with Gasteiger partial charge in [0.1, 0.15) is 12.4 Å². The Balaban J connectivity index is 2.31. The number of likely N-dealkylation sites (N-methyl/N-ethyl adjacent to an activating group) is 1. The summed E-state index contributed by atoms with van der Waals surface area (Å²) in [6.45, 7) is 8.64. The molecule has 120 valence electrons. The molecule has 1 rings (SSSR count). The van der Waals surface area contributed by atoms with Crippen molar-refractivity contribution in [2.24, 2.45) is 0 Å². The SMILES string of the molecule is CCN(CC)CCNCCOc1ccccc1C(F)(F)F. The highest BCUT2D eigenvalue weighted by atomic mass is 19.4. The first kappa shape index (κ1) is 17.8. The first-order valence-corrected chi connectivity index (χ1v) is 7.21. The molecule has 0 saturated heterocycles. The van der Waals surface area contributed by atoms with Crippen LogP contribution in [0.15, 0.2) is 24.3 Å². The van der Waals surface area contributed by atoms with Gasteiger partial charge in [-0.15, -0.1) is 0 Å². The molecule has 0 aromatic heterocycles. The molecule has 0 radical (unpaired) electrons. The molecule has 0 unspecified atom stereocenters. The van der Waals surface area contributed by atoms with E-state index in [-0.39, 0.29) is 12.4 Å². The lowest BCUT2D eigenvalue weighted by Crippen LogP contribution is -2.33. The molecule has 0 atom stereocenters. The summed E-state index contributed by atoms with van der Waals surface area (Å²) < 4.78 is 43.5. The Labute approximate surface area is 124 Å². The first-order valence-electron chi connectivity index (χ1n) is 7.21. The van der Waals surface area contributed by atoms with Gasteiger partial charge < -0.3 is 15.0 Å². The molecule has 0 bridgehead atoms. The maximum Gasteiger partial charge on any atom is 0.419 e. The smallest absolute Gasteiger partial charge is 0.419 e. The van der Waals surface area contributed by atoms with E-state index in [1.165, 1.54) is 12.1 Å². The Kier molecular flexibility index (Phi) is 7.53. The Morgan fingerprint density at radius 1 is 1.10 bits per heavy atom. The van der Waals surface area contributed by atoms with Gasteiger partial charge in [-0.3, -0.25) is 0 Å². The van der Waals surface area contributed by atoms with Crippen LogP contribution in [0.5, 0.6) is 5.75 Å². The molecular formula is C15H23F3N2O. The van der Waals surface area contributed by atoms with Gasteiger partial charge in [0.25, 0.3) is 0 Å². The van der Waals surface area contributed by atoms with Crippen molar-refractivity contribution in [3.8, 4) is 5.75 Å². The second kappa shape index (κ2) is 8.89. The van der Waals surface area contributed by atoms with E-state index in [9.17, 15) is 13.2 Å². The van der Waals surface area contributed by atoms with Crippen molar-refractivity contribution in [3.63, 3.8) is 0 Å². The number of halogens is 3. The van der Waals surface area contributed by atoms with Gasteiger partial charge >= 0.3 is 6.18 Å². The molecule has 3 nitrogen and oxygen atoms in total. The fraction of sp³-hybridized carbons (Fsp3) is 0.600. The van der Waals surface area contributed by atoms with Crippen LogP contribution in [-0.2, 0) is 6.18 Å². The van der Waals surface area contributed by atoms with Crippen LogP contribution in [0.1, 0.15) is 19.4 Å². The predicted octanol–water partition coefficient (Wildman–Crippen LogP) is 3.02. The molecule has 0 aliphatic heterocycles. The van der Waals surface area contributed by atoms with Crippen molar-refractivity contribution >= 4 is 0 Å². The molecule has 0 amide bonds. The van der Waals surface area contributed by atoms with E-state index in [4.69, 9.17) is 4.74 Å². The minimum absolute atomic E-state index is 0.115. The summed E-state index contributed by atoms with van der Waals surface area (Å²) in [4.78, 5) is 2.27. The fourth-order valence-corrected chi connectivity index (χ4v) is 1.96. The number of ether oxygens (including phenoxy) is 1. The lowest BCUT2D eigenvalue weighted by atomic mass is 10.2. The third kappa shape index (κ3) is 6.35. The highest BCUT2D eigenvalue weighted by molar-refractivity contribution is 5.35. The van der Waals surface area contributed by atoms with E-state index in [1.54, 1.807) is 6.07 Å². The predicted molar refractivity (Wildman–Crippen MR) is 77.6 cm³/mol. The van der Waals surface area contributed by atoms with Gasteiger partial charge in [-0.05, 0) is 25.2 Å². The molecule has 6 heteroatoms. The molecule has 0 saturated carbocycles. The molecule has 1 aromatic rings. The lowest BCUT2D eigenvalue weighted by Gasteiger charge is -2.18. The first-order chi connectivity index (χ1) is 9.99. The molecule has 21 heavy (non-hydrogen) atoms. The van der Waals surface area contributed by atoms with Crippen LogP contribution in [0.4, 0.5) is 13.2 Å². The summed E-state index contributed by atoms with van der Waals surface area (Å²) in [6.07, 6.45) is -4.38. The van der Waals surface area contributed by atoms with Crippen LogP contribution < -0.4 is 10.1 Å². The molecule has 1 N–H and O–H groups in total. The minimum atomic E-state index is -4.38. The Morgan fingerprint density at radius 3 is 2.38 bits per heavy atom. The van der Waals surface area contributed by atoms with Gasteiger partial charge in [0.15, 0.2) is 0 Å².